The van der Waals surface area contributed by atoms with Crippen LogP contribution in [-0.4, -0.2) is 64.2 Å². The average Bonchev–Trinajstić information content (AvgIpc) is 2.42. The van der Waals surface area contributed by atoms with E-state index in [2.05, 4.69) is 4.90 Å². The van der Waals surface area contributed by atoms with E-state index >= 15 is 0 Å². The minimum Gasteiger partial charge on any atom is -0.385 e. The number of piperidine rings is 1. The monoisotopic (exact) mass is 257 g/mol. The Hall–Kier alpha value is -0.160. The predicted molar refractivity (Wildman–Crippen MR) is 70.8 cm³/mol. The highest BCUT2D eigenvalue weighted by Crippen LogP contribution is 2.22. The molecule has 106 valence electrons. The Balaban J connectivity index is 1.57. The Kier molecular flexibility index (Phi) is 6.41. The lowest BCUT2D eigenvalue weighted by molar-refractivity contribution is -0.0994. The molecule has 0 radical (unpaired) electrons. The van der Waals surface area contributed by atoms with Crippen LogP contribution in [0.2, 0.25) is 0 Å². The minimum atomic E-state index is 0.295. The van der Waals surface area contributed by atoms with Crippen LogP contribution in [0.3, 0.4) is 0 Å². The van der Waals surface area contributed by atoms with Crippen molar-refractivity contribution in [3.8, 4) is 0 Å². The highest BCUT2D eigenvalue weighted by molar-refractivity contribution is 4.75. The fourth-order valence-corrected chi connectivity index (χ4v) is 2.90. The topological polar surface area (TPSA) is 30.9 Å². The summed E-state index contributed by atoms with van der Waals surface area (Å²) < 4.78 is 16.3. The molecule has 0 aliphatic carbocycles. The Morgan fingerprint density at radius 3 is 2.72 bits per heavy atom. The average molecular weight is 257 g/mol. The summed E-state index contributed by atoms with van der Waals surface area (Å²) in [5.74, 6) is 0.903. The van der Waals surface area contributed by atoms with Crippen LogP contribution in [0.25, 0.3) is 0 Å². The molecule has 0 N–H and O–H groups in total. The lowest BCUT2D eigenvalue weighted by Crippen LogP contribution is -2.43. The van der Waals surface area contributed by atoms with Gasteiger partial charge in [0.25, 0.3) is 0 Å². The number of hydrogen-bond donors (Lipinski definition) is 0. The van der Waals surface area contributed by atoms with Crippen molar-refractivity contribution >= 4 is 0 Å². The second-order valence-electron chi connectivity index (χ2n) is 5.45. The van der Waals surface area contributed by atoms with Crippen molar-refractivity contribution in [3.05, 3.63) is 0 Å². The van der Waals surface area contributed by atoms with Gasteiger partial charge in [0, 0.05) is 20.3 Å². The summed E-state index contributed by atoms with van der Waals surface area (Å²) >= 11 is 0. The molecule has 1 atom stereocenters. The Bertz CT molecular complexity index is 211. The standard InChI is InChI=1S/C14H27NO3/c1-16-8-2-3-13-4-6-15(7-5-13)11-14-12-17-9-10-18-14/h13-14H,2-12H2,1H3/t14-/m0/s1. The molecule has 0 bridgehead atoms. The van der Waals surface area contributed by atoms with Gasteiger partial charge in [0.1, 0.15) is 0 Å². The van der Waals surface area contributed by atoms with Gasteiger partial charge in [0.05, 0.1) is 25.9 Å². The van der Waals surface area contributed by atoms with Gasteiger partial charge >= 0.3 is 0 Å². The molecule has 4 heteroatoms. The summed E-state index contributed by atoms with van der Waals surface area (Å²) in [5.41, 5.74) is 0. The van der Waals surface area contributed by atoms with Crippen LogP contribution in [0, 0.1) is 5.92 Å². The molecule has 2 fully saturated rings. The van der Waals surface area contributed by atoms with Gasteiger partial charge in [-0.3, -0.25) is 0 Å². The van der Waals surface area contributed by atoms with Crippen LogP contribution in [0.4, 0.5) is 0 Å². The van der Waals surface area contributed by atoms with Crippen molar-refractivity contribution < 1.29 is 14.2 Å². The van der Waals surface area contributed by atoms with Gasteiger partial charge in [-0.2, -0.15) is 0 Å². The van der Waals surface area contributed by atoms with E-state index in [0.29, 0.717) is 6.10 Å². The van der Waals surface area contributed by atoms with Gasteiger partial charge in [0.15, 0.2) is 0 Å². The number of methoxy groups -OCH3 is 1. The first-order valence-electron chi connectivity index (χ1n) is 7.29. The molecular weight excluding hydrogens is 230 g/mol. The maximum atomic E-state index is 5.70. The van der Waals surface area contributed by atoms with Crippen LogP contribution in [0.15, 0.2) is 0 Å². The third-order valence-corrected chi connectivity index (χ3v) is 4.01. The first-order chi connectivity index (χ1) is 8.88. The lowest BCUT2D eigenvalue weighted by atomic mass is 9.92. The summed E-state index contributed by atoms with van der Waals surface area (Å²) in [6, 6.07) is 0. The molecule has 0 unspecified atom stereocenters. The quantitative estimate of drug-likeness (QED) is 0.675. The highest BCUT2D eigenvalue weighted by Gasteiger charge is 2.23. The highest BCUT2D eigenvalue weighted by atomic mass is 16.6. The zero-order chi connectivity index (χ0) is 12.6. The van der Waals surface area contributed by atoms with Gasteiger partial charge in [-0.15, -0.1) is 0 Å². The third kappa shape index (κ3) is 4.84. The Morgan fingerprint density at radius 2 is 2.06 bits per heavy atom. The second kappa shape index (κ2) is 8.10. The molecule has 0 spiro atoms. The summed E-state index contributed by atoms with van der Waals surface area (Å²) in [6.45, 7) is 6.69. The Morgan fingerprint density at radius 1 is 1.22 bits per heavy atom. The summed E-state index contributed by atoms with van der Waals surface area (Å²) in [7, 11) is 1.79. The zero-order valence-corrected chi connectivity index (χ0v) is 11.6. The van der Waals surface area contributed by atoms with E-state index < -0.39 is 0 Å². The van der Waals surface area contributed by atoms with Crippen molar-refractivity contribution in [1.29, 1.82) is 0 Å². The first kappa shape index (κ1) is 14.3. The second-order valence-corrected chi connectivity index (χ2v) is 5.45. The smallest absolute Gasteiger partial charge is 0.0936 e. The molecule has 0 aromatic rings. The number of ether oxygens (including phenoxy) is 3. The van der Waals surface area contributed by atoms with E-state index in [4.69, 9.17) is 14.2 Å². The van der Waals surface area contributed by atoms with Crippen molar-refractivity contribution in [2.45, 2.75) is 31.8 Å². The van der Waals surface area contributed by atoms with E-state index in [9.17, 15) is 0 Å². The van der Waals surface area contributed by atoms with Gasteiger partial charge in [-0.1, -0.05) is 0 Å². The molecule has 2 rings (SSSR count). The molecule has 2 saturated heterocycles. The van der Waals surface area contributed by atoms with Crippen molar-refractivity contribution in [1.82, 2.24) is 4.90 Å². The molecule has 0 amide bonds. The number of nitrogens with zero attached hydrogens (tertiary/aromatic N) is 1. The van der Waals surface area contributed by atoms with E-state index in [1.165, 1.54) is 38.8 Å². The fraction of sp³-hybridized carbons (Fsp3) is 1.00. The molecule has 2 heterocycles. The van der Waals surface area contributed by atoms with E-state index in [-0.39, 0.29) is 0 Å². The van der Waals surface area contributed by atoms with Crippen molar-refractivity contribution in [2.75, 3.05) is 53.2 Å². The Labute approximate surface area is 111 Å². The van der Waals surface area contributed by atoms with Gasteiger partial charge < -0.3 is 19.1 Å². The minimum absolute atomic E-state index is 0.295. The van der Waals surface area contributed by atoms with Crippen LogP contribution in [-0.2, 0) is 14.2 Å². The van der Waals surface area contributed by atoms with Crippen LogP contribution < -0.4 is 0 Å². The number of rotatable bonds is 6. The number of likely N-dealkylation sites (tertiary alicyclic amines) is 1. The maximum Gasteiger partial charge on any atom is 0.0936 e. The molecule has 0 aromatic heterocycles. The maximum absolute atomic E-state index is 5.70. The van der Waals surface area contributed by atoms with Crippen molar-refractivity contribution in [2.24, 2.45) is 5.92 Å². The van der Waals surface area contributed by atoms with Crippen LogP contribution in [0.5, 0.6) is 0 Å². The normalized spacial score (nSPS) is 27.5. The third-order valence-electron chi connectivity index (χ3n) is 4.01. The molecule has 2 aliphatic heterocycles. The molecule has 0 aromatic carbocycles. The van der Waals surface area contributed by atoms with E-state index in [0.717, 1.165) is 38.9 Å². The van der Waals surface area contributed by atoms with Crippen LogP contribution >= 0.6 is 0 Å². The van der Waals surface area contributed by atoms with Gasteiger partial charge in [-0.25, -0.2) is 0 Å². The molecule has 2 aliphatic rings. The summed E-state index contributed by atoms with van der Waals surface area (Å²) in [6.07, 6.45) is 5.49. The SMILES string of the molecule is COCCCC1CCN(C[C@H]2COCCO2)CC1. The summed E-state index contributed by atoms with van der Waals surface area (Å²) in [5, 5.41) is 0. The van der Waals surface area contributed by atoms with Gasteiger partial charge in [-0.05, 0) is 44.7 Å². The molecular formula is C14H27NO3. The summed E-state index contributed by atoms with van der Waals surface area (Å²) in [4.78, 5) is 2.53. The van der Waals surface area contributed by atoms with Gasteiger partial charge in [0.2, 0.25) is 0 Å². The molecule has 0 saturated carbocycles. The van der Waals surface area contributed by atoms with E-state index in [1.807, 2.05) is 0 Å². The van der Waals surface area contributed by atoms with E-state index in [1.54, 1.807) is 7.11 Å². The lowest BCUT2D eigenvalue weighted by Gasteiger charge is -2.35. The first-order valence-corrected chi connectivity index (χ1v) is 7.29. The molecule has 18 heavy (non-hydrogen) atoms. The van der Waals surface area contributed by atoms with Crippen molar-refractivity contribution in [3.63, 3.8) is 0 Å². The fourth-order valence-electron chi connectivity index (χ4n) is 2.90. The predicted octanol–water partition coefficient (Wildman–Crippen LogP) is 1.54. The van der Waals surface area contributed by atoms with Crippen LogP contribution in [0.1, 0.15) is 25.7 Å². The largest absolute Gasteiger partial charge is 0.385 e. The molecule has 4 nitrogen and oxygen atoms in total. The number of hydrogen-bond acceptors (Lipinski definition) is 4. The zero-order valence-electron chi connectivity index (χ0n) is 11.6.